The molecule has 0 aromatic rings. The monoisotopic (exact) mass is 268 g/mol. The lowest BCUT2D eigenvalue weighted by atomic mass is 9.46. The summed E-state index contributed by atoms with van der Waals surface area (Å²) in [4.78, 5) is 11.9. The quantitative estimate of drug-likeness (QED) is 0.842. The van der Waals surface area contributed by atoms with Crippen LogP contribution in [0.1, 0.15) is 52.4 Å². The molecular formula is C15H24O2S. The Morgan fingerprint density at radius 1 is 1.22 bits per heavy atom. The lowest BCUT2D eigenvalue weighted by Gasteiger charge is -2.61. The molecule has 1 N–H and O–H groups in total. The van der Waals surface area contributed by atoms with Crippen molar-refractivity contribution < 1.29 is 9.90 Å². The van der Waals surface area contributed by atoms with Crippen molar-refractivity contribution in [2.75, 3.05) is 5.75 Å². The number of carbonyl (C=O) groups is 1. The van der Waals surface area contributed by atoms with E-state index in [9.17, 15) is 9.90 Å². The molecule has 0 aromatic heterocycles. The van der Waals surface area contributed by atoms with Crippen LogP contribution in [0, 0.1) is 23.2 Å². The van der Waals surface area contributed by atoms with Gasteiger partial charge in [0.1, 0.15) is 4.75 Å². The first-order valence-corrected chi connectivity index (χ1v) is 8.35. The minimum Gasteiger partial charge on any atom is -0.480 e. The van der Waals surface area contributed by atoms with Crippen molar-refractivity contribution in [3.8, 4) is 0 Å². The molecule has 3 heteroatoms. The van der Waals surface area contributed by atoms with Gasteiger partial charge in [0, 0.05) is 0 Å². The van der Waals surface area contributed by atoms with Gasteiger partial charge in [0.2, 0.25) is 0 Å². The molecule has 4 bridgehead atoms. The number of hydrogen-bond acceptors (Lipinski definition) is 2. The summed E-state index contributed by atoms with van der Waals surface area (Å²) < 4.78 is -0.558. The first kappa shape index (κ1) is 12.8. The highest BCUT2D eigenvalue weighted by Crippen LogP contribution is 2.66. The van der Waals surface area contributed by atoms with Crippen LogP contribution >= 0.6 is 11.8 Å². The Morgan fingerprint density at radius 2 is 1.67 bits per heavy atom. The maximum Gasteiger partial charge on any atom is 0.320 e. The van der Waals surface area contributed by atoms with Crippen molar-refractivity contribution in [1.82, 2.24) is 0 Å². The third-order valence-electron chi connectivity index (χ3n) is 5.89. The Kier molecular flexibility index (Phi) is 2.96. The van der Waals surface area contributed by atoms with Gasteiger partial charge in [-0.15, -0.1) is 11.8 Å². The van der Waals surface area contributed by atoms with Crippen LogP contribution in [0.2, 0.25) is 0 Å². The molecule has 102 valence electrons. The van der Waals surface area contributed by atoms with Gasteiger partial charge >= 0.3 is 5.97 Å². The fourth-order valence-corrected chi connectivity index (χ4v) is 6.68. The zero-order valence-electron chi connectivity index (χ0n) is 11.4. The van der Waals surface area contributed by atoms with Gasteiger partial charge in [0.05, 0.1) is 0 Å². The highest BCUT2D eigenvalue weighted by Gasteiger charge is 2.61. The predicted molar refractivity (Wildman–Crippen MR) is 74.8 cm³/mol. The minimum atomic E-state index is -0.573. The first-order valence-electron chi connectivity index (χ1n) is 7.36. The van der Waals surface area contributed by atoms with Gasteiger partial charge in [-0.25, -0.2) is 0 Å². The van der Waals surface area contributed by atoms with Crippen LogP contribution in [-0.2, 0) is 4.79 Å². The molecule has 0 spiro atoms. The first-order chi connectivity index (χ1) is 8.49. The molecular weight excluding hydrogens is 244 g/mol. The predicted octanol–water partition coefficient (Wildman–Crippen LogP) is 3.80. The summed E-state index contributed by atoms with van der Waals surface area (Å²) in [6.07, 6.45) is 7.67. The Balaban J connectivity index is 1.96. The van der Waals surface area contributed by atoms with Crippen molar-refractivity contribution in [2.45, 2.75) is 57.1 Å². The van der Waals surface area contributed by atoms with Crippen LogP contribution in [0.3, 0.4) is 0 Å². The molecule has 0 heterocycles. The third kappa shape index (κ3) is 1.65. The summed E-state index contributed by atoms with van der Waals surface area (Å²) in [7, 11) is 0. The standard InChI is InChI=1S/C15H24O2S/c1-3-18-14(2,13(16)17)15-7-10-4-11(8-15)6-12(5-10)9-15/h10-12H,3-9H2,1-2H3,(H,16,17). The molecule has 4 rings (SSSR count). The molecule has 0 aromatic carbocycles. The van der Waals surface area contributed by atoms with Crippen molar-refractivity contribution in [3.63, 3.8) is 0 Å². The zero-order chi connectivity index (χ0) is 13.0. The van der Waals surface area contributed by atoms with E-state index in [1.165, 1.54) is 38.5 Å². The third-order valence-corrected chi connectivity index (χ3v) is 7.37. The summed E-state index contributed by atoms with van der Waals surface area (Å²) in [5.74, 6) is 2.81. The number of thioether (sulfide) groups is 1. The number of rotatable bonds is 4. The molecule has 1 atom stereocenters. The van der Waals surface area contributed by atoms with Crippen LogP contribution in [-0.4, -0.2) is 21.6 Å². The van der Waals surface area contributed by atoms with E-state index in [1.54, 1.807) is 11.8 Å². The lowest BCUT2D eigenvalue weighted by molar-refractivity contribution is -0.151. The van der Waals surface area contributed by atoms with Gasteiger partial charge in [-0.1, -0.05) is 6.92 Å². The van der Waals surface area contributed by atoms with E-state index >= 15 is 0 Å². The van der Waals surface area contributed by atoms with Crippen LogP contribution in [0.5, 0.6) is 0 Å². The van der Waals surface area contributed by atoms with E-state index in [-0.39, 0.29) is 5.41 Å². The SMILES string of the molecule is CCSC(C)(C(=O)O)C12CC3CC(CC(C3)C1)C2. The topological polar surface area (TPSA) is 37.3 Å². The second-order valence-corrected chi connectivity index (χ2v) is 8.65. The van der Waals surface area contributed by atoms with Gasteiger partial charge in [-0.05, 0) is 74.4 Å². The average molecular weight is 268 g/mol. The molecule has 0 saturated heterocycles. The molecule has 4 saturated carbocycles. The summed E-state index contributed by atoms with van der Waals surface area (Å²) >= 11 is 1.68. The fourth-order valence-electron chi connectivity index (χ4n) is 5.43. The molecule has 4 aliphatic rings. The Bertz CT molecular complexity index is 330. The minimum absolute atomic E-state index is 0.0915. The molecule has 4 fully saturated rings. The molecule has 0 radical (unpaired) electrons. The van der Waals surface area contributed by atoms with Crippen LogP contribution in [0.4, 0.5) is 0 Å². The fraction of sp³-hybridized carbons (Fsp3) is 0.933. The van der Waals surface area contributed by atoms with Crippen molar-refractivity contribution in [3.05, 3.63) is 0 Å². The summed E-state index contributed by atoms with van der Waals surface area (Å²) in [6, 6.07) is 0. The largest absolute Gasteiger partial charge is 0.480 e. The van der Waals surface area contributed by atoms with Gasteiger partial charge < -0.3 is 5.11 Å². The van der Waals surface area contributed by atoms with E-state index in [0.717, 1.165) is 23.5 Å². The van der Waals surface area contributed by atoms with Crippen molar-refractivity contribution in [2.24, 2.45) is 23.2 Å². The summed E-state index contributed by atoms with van der Waals surface area (Å²) in [5, 5.41) is 9.80. The van der Waals surface area contributed by atoms with E-state index in [2.05, 4.69) is 6.92 Å². The molecule has 4 aliphatic carbocycles. The van der Waals surface area contributed by atoms with Crippen molar-refractivity contribution in [1.29, 1.82) is 0 Å². The zero-order valence-corrected chi connectivity index (χ0v) is 12.3. The van der Waals surface area contributed by atoms with Crippen LogP contribution < -0.4 is 0 Å². The normalized spacial score (nSPS) is 44.9. The maximum absolute atomic E-state index is 11.9. The highest BCUT2D eigenvalue weighted by atomic mass is 32.2. The maximum atomic E-state index is 11.9. The van der Waals surface area contributed by atoms with Gasteiger partial charge in [-0.2, -0.15) is 0 Å². The Labute approximate surface area is 114 Å². The van der Waals surface area contributed by atoms with Crippen LogP contribution in [0.25, 0.3) is 0 Å². The van der Waals surface area contributed by atoms with Crippen LogP contribution in [0.15, 0.2) is 0 Å². The lowest BCUT2D eigenvalue weighted by Crippen LogP contribution is -2.58. The second-order valence-electron chi connectivity index (χ2n) is 6.97. The van der Waals surface area contributed by atoms with Crippen molar-refractivity contribution >= 4 is 17.7 Å². The number of carboxylic acid groups (broad SMARTS) is 1. The summed E-state index contributed by atoms with van der Waals surface area (Å²) in [6.45, 7) is 4.10. The molecule has 2 nitrogen and oxygen atoms in total. The molecule has 1 unspecified atom stereocenters. The van der Waals surface area contributed by atoms with E-state index in [0.29, 0.717) is 0 Å². The Morgan fingerprint density at radius 3 is 2.00 bits per heavy atom. The number of aliphatic carboxylic acids is 1. The van der Waals surface area contributed by atoms with E-state index < -0.39 is 10.7 Å². The van der Waals surface area contributed by atoms with Gasteiger partial charge in [0.25, 0.3) is 0 Å². The second kappa shape index (κ2) is 4.16. The number of hydrogen-bond donors (Lipinski definition) is 1. The number of carboxylic acids is 1. The Hall–Kier alpha value is -0.180. The molecule has 0 amide bonds. The van der Waals surface area contributed by atoms with E-state index in [1.807, 2.05) is 6.92 Å². The van der Waals surface area contributed by atoms with Gasteiger partial charge in [-0.3, -0.25) is 4.79 Å². The molecule has 18 heavy (non-hydrogen) atoms. The summed E-state index contributed by atoms with van der Waals surface area (Å²) in [5.41, 5.74) is 0.0915. The smallest absolute Gasteiger partial charge is 0.320 e. The van der Waals surface area contributed by atoms with Gasteiger partial charge in [0.15, 0.2) is 0 Å². The van der Waals surface area contributed by atoms with E-state index in [4.69, 9.17) is 0 Å². The highest BCUT2D eigenvalue weighted by molar-refractivity contribution is 8.01. The average Bonchev–Trinajstić information content (AvgIpc) is 2.26. The molecule has 0 aliphatic heterocycles.